The second-order valence-corrected chi connectivity index (χ2v) is 4.30. The Morgan fingerprint density at radius 2 is 2.00 bits per heavy atom. The Bertz CT molecular complexity index is 538. The Balaban J connectivity index is 2.03. The fraction of sp³-hybridized carbons (Fsp3) is 0.214. The van der Waals surface area contributed by atoms with Crippen molar-refractivity contribution in [2.75, 3.05) is 0 Å². The lowest BCUT2D eigenvalue weighted by Crippen LogP contribution is -2.18. The molecular formula is C14H14F2N2O. The van der Waals surface area contributed by atoms with E-state index in [4.69, 9.17) is 5.11 Å². The highest BCUT2D eigenvalue weighted by Crippen LogP contribution is 2.21. The van der Waals surface area contributed by atoms with Crippen molar-refractivity contribution < 1.29 is 13.9 Å². The average molecular weight is 264 g/mol. The summed E-state index contributed by atoms with van der Waals surface area (Å²) in [6, 6.07) is 5.98. The summed E-state index contributed by atoms with van der Waals surface area (Å²) in [5.74, 6) is -2.85. The number of aromatic hydroxyl groups is 1. The number of halogens is 2. The van der Waals surface area contributed by atoms with Crippen LogP contribution >= 0.6 is 0 Å². The maximum atomic E-state index is 13.2. The summed E-state index contributed by atoms with van der Waals surface area (Å²) in [6.45, 7) is 2.23. The molecule has 19 heavy (non-hydrogen) atoms. The zero-order valence-electron chi connectivity index (χ0n) is 10.4. The van der Waals surface area contributed by atoms with Crippen LogP contribution in [0.4, 0.5) is 8.78 Å². The highest BCUT2D eigenvalue weighted by Gasteiger charge is 2.10. The number of hydrogen-bond donors (Lipinski definition) is 2. The number of nitrogens with one attached hydrogen (secondary N) is 1. The first-order valence-electron chi connectivity index (χ1n) is 5.88. The third kappa shape index (κ3) is 3.26. The molecule has 2 aromatic rings. The van der Waals surface area contributed by atoms with Gasteiger partial charge in [-0.3, -0.25) is 4.98 Å². The van der Waals surface area contributed by atoms with Crippen LogP contribution in [-0.2, 0) is 6.54 Å². The Hall–Kier alpha value is -2.01. The zero-order chi connectivity index (χ0) is 13.8. The monoisotopic (exact) mass is 264 g/mol. The van der Waals surface area contributed by atoms with E-state index in [0.29, 0.717) is 12.1 Å². The van der Waals surface area contributed by atoms with Crippen LogP contribution in [0.1, 0.15) is 24.1 Å². The molecule has 0 radical (unpaired) electrons. The number of hydrogen-bond acceptors (Lipinski definition) is 3. The zero-order valence-corrected chi connectivity index (χ0v) is 10.4. The van der Waals surface area contributed by atoms with Gasteiger partial charge >= 0.3 is 0 Å². The molecule has 1 aromatic carbocycles. The molecule has 0 saturated heterocycles. The average Bonchev–Trinajstić information content (AvgIpc) is 2.43. The molecule has 3 nitrogen and oxygen atoms in total. The van der Waals surface area contributed by atoms with Gasteiger partial charge in [0, 0.05) is 25.0 Å². The van der Waals surface area contributed by atoms with Crippen molar-refractivity contribution in [3.63, 3.8) is 0 Å². The second kappa shape index (κ2) is 5.75. The van der Waals surface area contributed by atoms with E-state index in [1.165, 1.54) is 0 Å². The Morgan fingerprint density at radius 3 is 2.58 bits per heavy atom. The van der Waals surface area contributed by atoms with E-state index in [2.05, 4.69) is 10.3 Å². The molecular weight excluding hydrogens is 250 g/mol. The highest BCUT2D eigenvalue weighted by atomic mass is 19.1. The molecule has 0 aliphatic rings. The molecule has 0 aliphatic carbocycles. The molecule has 1 heterocycles. The molecule has 2 rings (SSSR count). The molecule has 0 bridgehead atoms. The summed E-state index contributed by atoms with van der Waals surface area (Å²) in [5.41, 5.74) is 1.42. The van der Waals surface area contributed by atoms with Crippen molar-refractivity contribution in [2.45, 2.75) is 19.5 Å². The highest BCUT2D eigenvalue weighted by molar-refractivity contribution is 5.30. The molecule has 0 amide bonds. The molecule has 0 saturated carbocycles. The number of pyridine rings is 1. The summed E-state index contributed by atoms with van der Waals surface area (Å²) >= 11 is 0. The number of nitrogens with zero attached hydrogens (tertiary/aromatic N) is 1. The summed E-state index contributed by atoms with van der Waals surface area (Å²) in [6.07, 6.45) is 3.41. The van der Waals surface area contributed by atoms with E-state index < -0.39 is 17.4 Å². The standard InChI is InChI=1S/C14H14F2N2O/c1-9(11-3-2-4-17-8-11)18-7-10-5-12(15)14(19)13(16)6-10/h2-6,8-9,18-19H,7H2,1H3. The second-order valence-electron chi connectivity index (χ2n) is 4.30. The van der Waals surface area contributed by atoms with Gasteiger partial charge in [0.05, 0.1) is 0 Å². The minimum atomic E-state index is -0.953. The van der Waals surface area contributed by atoms with Gasteiger partial charge in [0.25, 0.3) is 0 Å². The van der Waals surface area contributed by atoms with Crippen LogP contribution in [0.2, 0.25) is 0 Å². The van der Waals surface area contributed by atoms with Gasteiger partial charge in [0.15, 0.2) is 17.4 Å². The van der Waals surface area contributed by atoms with Gasteiger partial charge in [-0.1, -0.05) is 6.07 Å². The summed E-state index contributed by atoms with van der Waals surface area (Å²) in [4.78, 5) is 4.01. The van der Waals surface area contributed by atoms with Crippen LogP contribution in [0.15, 0.2) is 36.7 Å². The van der Waals surface area contributed by atoms with Gasteiger partial charge in [-0.2, -0.15) is 0 Å². The Kier molecular flexibility index (Phi) is 4.06. The van der Waals surface area contributed by atoms with E-state index in [0.717, 1.165) is 17.7 Å². The number of phenolic OH excluding ortho intramolecular Hbond substituents is 1. The Labute approximate surface area is 109 Å². The maximum absolute atomic E-state index is 13.2. The molecule has 2 N–H and O–H groups in total. The fourth-order valence-corrected chi connectivity index (χ4v) is 1.74. The minimum absolute atomic E-state index is 0.00799. The lowest BCUT2D eigenvalue weighted by molar-refractivity contribution is 0.394. The first kappa shape index (κ1) is 13.4. The van der Waals surface area contributed by atoms with Crippen molar-refractivity contribution >= 4 is 0 Å². The van der Waals surface area contributed by atoms with Crippen LogP contribution in [0, 0.1) is 11.6 Å². The largest absolute Gasteiger partial charge is 0.503 e. The fourth-order valence-electron chi connectivity index (χ4n) is 1.74. The first-order chi connectivity index (χ1) is 9.08. The van der Waals surface area contributed by atoms with Crippen molar-refractivity contribution in [3.8, 4) is 5.75 Å². The van der Waals surface area contributed by atoms with Crippen molar-refractivity contribution in [2.24, 2.45) is 0 Å². The maximum Gasteiger partial charge on any atom is 0.187 e. The number of rotatable bonds is 4. The molecule has 100 valence electrons. The third-order valence-electron chi connectivity index (χ3n) is 2.87. The molecule has 0 fully saturated rings. The van der Waals surface area contributed by atoms with Gasteiger partial charge in [-0.25, -0.2) is 8.78 Å². The van der Waals surface area contributed by atoms with Crippen molar-refractivity contribution in [1.29, 1.82) is 0 Å². The molecule has 0 spiro atoms. The number of aromatic nitrogens is 1. The van der Waals surface area contributed by atoms with E-state index in [9.17, 15) is 8.78 Å². The normalized spacial score (nSPS) is 12.4. The van der Waals surface area contributed by atoms with Gasteiger partial charge in [-0.15, -0.1) is 0 Å². The predicted octanol–water partition coefficient (Wildman–Crippen LogP) is 2.92. The smallest absolute Gasteiger partial charge is 0.187 e. The lowest BCUT2D eigenvalue weighted by atomic mass is 10.1. The molecule has 0 aliphatic heterocycles. The quantitative estimate of drug-likeness (QED) is 0.892. The van der Waals surface area contributed by atoms with E-state index in [1.807, 2.05) is 19.1 Å². The van der Waals surface area contributed by atoms with E-state index in [-0.39, 0.29) is 6.04 Å². The van der Waals surface area contributed by atoms with Crippen LogP contribution in [0.3, 0.4) is 0 Å². The Morgan fingerprint density at radius 1 is 1.32 bits per heavy atom. The van der Waals surface area contributed by atoms with Crippen molar-refractivity contribution in [3.05, 3.63) is 59.4 Å². The van der Waals surface area contributed by atoms with Gasteiger partial charge < -0.3 is 10.4 Å². The first-order valence-corrected chi connectivity index (χ1v) is 5.88. The molecule has 5 heteroatoms. The van der Waals surface area contributed by atoms with Gasteiger partial charge in [0.1, 0.15) is 0 Å². The summed E-state index contributed by atoms with van der Waals surface area (Å²) < 4.78 is 26.3. The van der Waals surface area contributed by atoms with Crippen LogP contribution in [-0.4, -0.2) is 10.1 Å². The lowest BCUT2D eigenvalue weighted by Gasteiger charge is -2.14. The van der Waals surface area contributed by atoms with Crippen LogP contribution in [0.5, 0.6) is 5.75 Å². The predicted molar refractivity (Wildman–Crippen MR) is 67.5 cm³/mol. The summed E-state index contributed by atoms with van der Waals surface area (Å²) in [5, 5.41) is 12.1. The molecule has 1 aromatic heterocycles. The van der Waals surface area contributed by atoms with Gasteiger partial charge in [-0.05, 0) is 36.2 Å². The van der Waals surface area contributed by atoms with Crippen LogP contribution < -0.4 is 5.32 Å². The van der Waals surface area contributed by atoms with Crippen LogP contribution in [0.25, 0.3) is 0 Å². The number of benzene rings is 1. The summed E-state index contributed by atoms with van der Waals surface area (Å²) in [7, 11) is 0. The molecule has 1 unspecified atom stereocenters. The van der Waals surface area contributed by atoms with Gasteiger partial charge in [0.2, 0.25) is 0 Å². The van der Waals surface area contributed by atoms with E-state index in [1.54, 1.807) is 12.4 Å². The topological polar surface area (TPSA) is 45.1 Å². The third-order valence-corrected chi connectivity index (χ3v) is 2.87. The number of phenols is 1. The minimum Gasteiger partial charge on any atom is -0.503 e. The van der Waals surface area contributed by atoms with E-state index >= 15 is 0 Å². The SMILES string of the molecule is CC(NCc1cc(F)c(O)c(F)c1)c1cccnc1. The molecule has 1 atom stereocenters. The van der Waals surface area contributed by atoms with Crippen molar-refractivity contribution in [1.82, 2.24) is 10.3 Å².